The lowest BCUT2D eigenvalue weighted by Gasteiger charge is -2.08. The van der Waals surface area contributed by atoms with Crippen molar-refractivity contribution in [3.05, 3.63) is 53.6 Å². The molecule has 1 aliphatic rings. The molecule has 19 heavy (non-hydrogen) atoms. The quantitative estimate of drug-likeness (QED) is 0.825. The van der Waals surface area contributed by atoms with Gasteiger partial charge in [0.15, 0.2) is 5.78 Å². The van der Waals surface area contributed by atoms with Gasteiger partial charge in [-0.3, -0.25) is 15.5 Å². The smallest absolute Gasteiger partial charge is 0.163 e. The molecule has 0 amide bonds. The first-order valence-corrected chi connectivity index (χ1v) is 6.10. The third kappa shape index (κ3) is 2.30. The number of ketones is 1. The summed E-state index contributed by atoms with van der Waals surface area (Å²) in [7, 11) is 0. The van der Waals surface area contributed by atoms with Crippen LogP contribution in [-0.2, 0) is 6.42 Å². The van der Waals surface area contributed by atoms with E-state index in [-0.39, 0.29) is 5.78 Å². The monoisotopic (exact) mass is 255 g/mol. The highest BCUT2D eigenvalue weighted by molar-refractivity contribution is 6.00. The Morgan fingerprint density at radius 3 is 2.47 bits per heavy atom. The van der Waals surface area contributed by atoms with Crippen LogP contribution in [0.1, 0.15) is 22.3 Å². The number of carbonyl (C=O) groups is 1. The van der Waals surface area contributed by atoms with Gasteiger partial charge in [-0.15, -0.1) is 0 Å². The number of Topliss-reactive ketones (excluding diaryl/α,β-unsaturated/α-hetero) is 1. The van der Waals surface area contributed by atoms with Crippen molar-refractivity contribution in [3.63, 3.8) is 0 Å². The molecule has 0 unspecified atom stereocenters. The highest BCUT2D eigenvalue weighted by Gasteiger charge is 2.19. The zero-order valence-corrected chi connectivity index (χ0v) is 10.2. The van der Waals surface area contributed by atoms with Gasteiger partial charge in [-0.05, 0) is 48.4 Å². The number of hydrogen-bond donors (Lipinski definition) is 2. The van der Waals surface area contributed by atoms with Crippen LogP contribution in [0.4, 0.5) is 5.69 Å². The van der Waals surface area contributed by atoms with E-state index in [1.165, 1.54) is 0 Å². The topological polar surface area (TPSA) is 58.6 Å². The van der Waals surface area contributed by atoms with E-state index in [0.29, 0.717) is 23.6 Å². The van der Waals surface area contributed by atoms with Crippen LogP contribution in [0, 0.1) is 0 Å². The summed E-state index contributed by atoms with van der Waals surface area (Å²) >= 11 is 0. The van der Waals surface area contributed by atoms with Gasteiger partial charge >= 0.3 is 0 Å². The summed E-state index contributed by atoms with van der Waals surface area (Å²) in [6.45, 7) is 0. The van der Waals surface area contributed by atoms with Gasteiger partial charge < -0.3 is 4.74 Å². The van der Waals surface area contributed by atoms with Gasteiger partial charge in [0.05, 0.1) is 5.69 Å². The first-order valence-electron chi connectivity index (χ1n) is 6.10. The molecular formula is C15H13NO3. The van der Waals surface area contributed by atoms with Gasteiger partial charge in [-0.1, -0.05) is 6.07 Å². The Kier molecular flexibility index (Phi) is 2.93. The standard InChI is InChI=1S/C15H13NO3/c17-15-8-2-10-1-5-13(9-14(10)15)19-12-6-3-11(16-18)4-7-12/h1,3-7,9,16,18H,2,8H2. The summed E-state index contributed by atoms with van der Waals surface area (Å²) in [6.07, 6.45) is 1.42. The molecule has 2 N–H and O–H groups in total. The fraction of sp³-hybridized carbons (Fsp3) is 0.133. The molecule has 0 fully saturated rings. The van der Waals surface area contributed by atoms with Crippen molar-refractivity contribution in [2.75, 3.05) is 5.48 Å². The average Bonchev–Trinajstić information content (AvgIpc) is 2.81. The van der Waals surface area contributed by atoms with Crippen molar-refractivity contribution in [2.45, 2.75) is 12.8 Å². The van der Waals surface area contributed by atoms with Crippen LogP contribution >= 0.6 is 0 Å². The van der Waals surface area contributed by atoms with E-state index in [1.54, 1.807) is 30.3 Å². The molecule has 2 aromatic rings. The zero-order valence-electron chi connectivity index (χ0n) is 10.2. The number of hydrogen-bond acceptors (Lipinski definition) is 4. The molecule has 0 atom stereocenters. The lowest BCUT2D eigenvalue weighted by atomic mass is 10.1. The Hall–Kier alpha value is -2.33. The van der Waals surface area contributed by atoms with Crippen LogP contribution in [-0.4, -0.2) is 11.0 Å². The van der Waals surface area contributed by atoms with Crippen molar-refractivity contribution in [1.29, 1.82) is 0 Å². The second kappa shape index (κ2) is 4.74. The molecule has 96 valence electrons. The Bertz CT molecular complexity index is 620. The van der Waals surface area contributed by atoms with Crippen molar-refractivity contribution >= 4 is 11.5 Å². The predicted octanol–water partition coefficient (Wildman–Crippen LogP) is 3.41. The first kappa shape index (κ1) is 11.7. The van der Waals surface area contributed by atoms with Crippen LogP contribution in [0.5, 0.6) is 11.5 Å². The average molecular weight is 255 g/mol. The van der Waals surface area contributed by atoms with E-state index >= 15 is 0 Å². The molecule has 0 aliphatic heterocycles. The minimum Gasteiger partial charge on any atom is -0.457 e. The summed E-state index contributed by atoms with van der Waals surface area (Å²) in [5.41, 5.74) is 4.52. The second-order valence-electron chi connectivity index (χ2n) is 4.48. The molecule has 0 spiro atoms. The SMILES string of the molecule is O=C1CCc2ccc(Oc3ccc(NO)cc3)cc21. The Morgan fingerprint density at radius 2 is 1.74 bits per heavy atom. The second-order valence-corrected chi connectivity index (χ2v) is 4.48. The summed E-state index contributed by atoms with van der Waals surface area (Å²) < 4.78 is 5.69. The highest BCUT2D eigenvalue weighted by atomic mass is 16.5. The third-order valence-corrected chi connectivity index (χ3v) is 3.22. The van der Waals surface area contributed by atoms with E-state index in [1.807, 2.05) is 12.1 Å². The highest BCUT2D eigenvalue weighted by Crippen LogP contribution is 2.29. The van der Waals surface area contributed by atoms with Crippen LogP contribution in [0.3, 0.4) is 0 Å². The van der Waals surface area contributed by atoms with Gasteiger partial charge in [0.2, 0.25) is 0 Å². The van der Waals surface area contributed by atoms with E-state index in [4.69, 9.17) is 9.94 Å². The largest absolute Gasteiger partial charge is 0.457 e. The van der Waals surface area contributed by atoms with Crippen LogP contribution in [0.15, 0.2) is 42.5 Å². The first-order chi connectivity index (χ1) is 9.26. The summed E-state index contributed by atoms with van der Waals surface area (Å²) in [5, 5.41) is 8.72. The Morgan fingerprint density at radius 1 is 1.00 bits per heavy atom. The van der Waals surface area contributed by atoms with Crippen molar-refractivity contribution < 1.29 is 14.7 Å². The molecule has 0 radical (unpaired) electrons. The minimum atomic E-state index is 0.181. The molecule has 0 heterocycles. The van der Waals surface area contributed by atoms with Crippen LogP contribution in [0.2, 0.25) is 0 Å². The molecule has 4 nitrogen and oxygen atoms in total. The molecule has 3 rings (SSSR count). The predicted molar refractivity (Wildman–Crippen MR) is 71.0 cm³/mol. The fourth-order valence-electron chi connectivity index (χ4n) is 2.21. The van der Waals surface area contributed by atoms with E-state index in [0.717, 1.165) is 17.5 Å². The van der Waals surface area contributed by atoms with E-state index in [9.17, 15) is 4.79 Å². The maximum atomic E-state index is 11.7. The maximum absolute atomic E-state index is 11.7. The zero-order chi connectivity index (χ0) is 13.2. The molecule has 2 aromatic carbocycles. The number of aryl methyl sites for hydroxylation is 1. The number of fused-ring (bicyclic) bond motifs is 1. The van der Waals surface area contributed by atoms with Gasteiger partial charge in [0, 0.05) is 12.0 Å². The van der Waals surface area contributed by atoms with Crippen molar-refractivity contribution in [3.8, 4) is 11.5 Å². The lowest BCUT2D eigenvalue weighted by Crippen LogP contribution is -1.93. The summed E-state index contributed by atoms with van der Waals surface area (Å²) in [5.74, 6) is 1.49. The molecule has 0 saturated heterocycles. The molecule has 0 aromatic heterocycles. The number of benzene rings is 2. The van der Waals surface area contributed by atoms with Crippen LogP contribution < -0.4 is 10.2 Å². The number of ether oxygens (including phenoxy) is 1. The normalized spacial score (nSPS) is 13.2. The number of anilines is 1. The molecule has 1 aliphatic carbocycles. The lowest BCUT2D eigenvalue weighted by molar-refractivity contribution is 0.0994. The molecular weight excluding hydrogens is 242 g/mol. The Balaban J connectivity index is 1.83. The van der Waals surface area contributed by atoms with Crippen molar-refractivity contribution in [2.24, 2.45) is 0 Å². The minimum absolute atomic E-state index is 0.181. The van der Waals surface area contributed by atoms with Gasteiger partial charge in [0.1, 0.15) is 11.5 Å². The Labute approximate surface area is 110 Å². The summed E-state index contributed by atoms with van der Waals surface area (Å²) in [6, 6.07) is 12.5. The van der Waals surface area contributed by atoms with E-state index < -0.39 is 0 Å². The molecule has 0 saturated carbocycles. The van der Waals surface area contributed by atoms with Crippen molar-refractivity contribution in [1.82, 2.24) is 0 Å². The van der Waals surface area contributed by atoms with E-state index in [2.05, 4.69) is 5.48 Å². The summed E-state index contributed by atoms with van der Waals surface area (Å²) in [4.78, 5) is 11.7. The number of rotatable bonds is 3. The molecule has 4 heteroatoms. The third-order valence-electron chi connectivity index (χ3n) is 3.22. The fourth-order valence-corrected chi connectivity index (χ4v) is 2.21. The maximum Gasteiger partial charge on any atom is 0.163 e. The van der Waals surface area contributed by atoms with Gasteiger partial charge in [0.25, 0.3) is 0 Å². The van der Waals surface area contributed by atoms with Gasteiger partial charge in [-0.25, -0.2) is 0 Å². The number of carbonyl (C=O) groups excluding carboxylic acids is 1. The molecule has 0 bridgehead atoms. The van der Waals surface area contributed by atoms with Gasteiger partial charge in [-0.2, -0.15) is 0 Å². The van der Waals surface area contributed by atoms with Crippen LogP contribution in [0.25, 0.3) is 0 Å². The number of nitrogens with one attached hydrogen (secondary N) is 1.